The topological polar surface area (TPSA) is 39.8 Å². The van der Waals surface area contributed by atoms with Crippen molar-refractivity contribution >= 4 is 0 Å². The highest BCUT2D eigenvalue weighted by atomic mass is 15.0. The highest BCUT2D eigenvalue weighted by Crippen LogP contribution is 2.31. The lowest BCUT2D eigenvalue weighted by Gasteiger charge is -2.20. The molecule has 0 atom stereocenters. The summed E-state index contributed by atoms with van der Waals surface area (Å²) in [5.41, 5.74) is 1.45. The molecule has 0 amide bonds. The van der Waals surface area contributed by atoms with Gasteiger partial charge in [0.1, 0.15) is 0 Å². The van der Waals surface area contributed by atoms with E-state index in [0.717, 1.165) is 32.1 Å². The Morgan fingerprint density at radius 3 is 2.00 bits per heavy atom. The van der Waals surface area contributed by atoms with Crippen molar-refractivity contribution in [1.82, 2.24) is 15.6 Å². The Labute approximate surface area is 104 Å². The van der Waals surface area contributed by atoms with Gasteiger partial charge in [0, 0.05) is 38.1 Å². The Hall–Kier alpha value is -0.800. The molecule has 0 aromatic carbocycles. The molecule has 1 aromatic rings. The number of H-pyrrole nitrogens is 1. The summed E-state index contributed by atoms with van der Waals surface area (Å²) in [5, 5.41) is 6.44. The Balaban J connectivity index is 0.000000153. The summed E-state index contributed by atoms with van der Waals surface area (Å²) in [6.45, 7) is 4.56. The van der Waals surface area contributed by atoms with Crippen LogP contribution in [0.1, 0.15) is 43.7 Å². The maximum atomic E-state index is 3.31. The van der Waals surface area contributed by atoms with Gasteiger partial charge < -0.3 is 15.6 Å². The molecule has 2 heterocycles. The van der Waals surface area contributed by atoms with E-state index in [1.54, 1.807) is 0 Å². The van der Waals surface area contributed by atoms with Gasteiger partial charge in [-0.15, -0.1) is 0 Å². The van der Waals surface area contributed by atoms with Crippen LogP contribution in [0.4, 0.5) is 0 Å². The van der Waals surface area contributed by atoms with Crippen LogP contribution in [0.2, 0.25) is 0 Å². The van der Waals surface area contributed by atoms with Crippen LogP contribution in [0.3, 0.4) is 0 Å². The van der Waals surface area contributed by atoms with Gasteiger partial charge in [-0.1, -0.05) is 19.3 Å². The van der Waals surface area contributed by atoms with Gasteiger partial charge in [-0.25, -0.2) is 0 Å². The highest BCUT2D eigenvalue weighted by Gasteiger charge is 2.15. The van der Waals surface area contributed by atoms with Crippen LogP contribution >= 0.6 is 0 Å². The predicted octanol–water partition coefficient (Wildman–Crippen LogP) is 2.24. The minimum Gasteiger partial charge on any atom is -0.365 e. The lowest BCUT2D eigenvalue weighted by Crippen LogP contribution is -2.39. The monoisotopic (exact) mass is 235 g/mol. The second kappa shape index (κ2) is 7.51. The molecular formula is C14H25N3. The quantitative estimate of drug-likeness (QED) is 0.698. The van der Waals surface area contributed by atoms with E-state index in [9.17, 15) is 0 Å². The molecular weight excluding hydrogens is 210 g/mol. The number of aromatic amines is 1. The molecule has 17 heavy (non-hydrogen) atoms. The van der Waals surface area contributed by atoms with E-state index in [1.807, 2.05) is 6.20 Å². The van der Waals surface area contributed by atoms with Crippen LogP contribution in [0, 0.1) is 0 Å². The van der Waals surface area contributed by atoms with Crippen molar-refractivity contribution in [1.29, 1.82) is 0 Å². The van der Waals surface area contributed by atoms with Gasteiger partial charge in [-0.2, -0.15) is 0 Å². The Kier molecular flexibility index (Phi) is 5.59. The summed E-state index contributed by atoms with van der Waals surface area (Å²) in [6, 6.07) is 4.32. The van der Waals surface area contributed by atoms with Gasteiger partial charge in [0.2, 0.25) is 0 Å². The largest absolute Gasteiger partial charge is 0.365 e. The lowest BCUT2D eigenvalue weighted by atomic mass is 9.87. The number of nitrogens with one attached hydrogen (secondary N) is 3. The fraction of sp³-hybridized carbons (Fsp3) is 0.714. The second-order valence-corrected chi connectivity index (χ2v) is 4.96. The summed E-state index contributed by atoms with van der Waals surface area (Å²) in [6.07, 6.45) is 9.09. The Morgan fingerprint density at radius 1 is 0.882 bits per heavy atom. The molecule has 1 saturated heterocycles. The molecule has 0 unspecified atom stereocenters. The number of aromatic nitrogens is 1. The smallest absolute Gasteiger partial charge is 0.0178 e. The van der Waals surface area contributed by atoms with Crippen molar-refractivity contribution in [3.05, 3.63) is 24.0 Å². The zero-order valence-electron chi connectivity index (χ0n) is 10.7. The van der Waals surface area contributed by atoms with E-state index >= 15 is 0 Å². The predicted molar refractivity (Wildman–Crippen MR) is 72.4 cm³/mol. The van der Waals surface area contributed by atoms with Gasteiger partial charge in [0.15, 0.2) is 0 Å². The van der Waals surface area contributed by atoms with Crippen molar-refractivity contribution in [3.63, 3.8) is 0 Å². The van der Waals surface area contributed by atoms with Gasteiger partial charge in [-0.3, -0.25) is 0 Å². The number of hydrogen-bond donors (Lipinski definition) is 3. The van der Waals surface area contributed by atoms with Crippen LogP contribution in [-0.2, 0) is 0 Å². The average Bonchev–Trinajstić information content (AvgIpc) is 2.96. The fourth-order valence-corrected chi connectivity index (χ4v) is 2.62. The zero-order valence-corrected chi connectivity index (χ0v) is 10.7. The summed E-state index contributed by atoms with van der Waals surface area (Å²) in [7, 11) is 0. The second-order valence-electron chi connectivity index (χ2n) is 4.96. The Bertz CT molecular complexity index is 260. The van der Waals surface area contributed by atoms with E-state index in [2.05, 4.69) is 27.8 Å². The first kappa shape index (κ1) is 12.7. The van der Waals surface area contributed by atoms with E-state index < -0.39 is 0 Å². The number of hydrogen-bond acceptors (Lipinski definition) is 2. The first-order valence-electron chi connectivity index (χ1n) is 7.01. The first-order valence-corrected chi connectivity index (χ1v) is 7.01. The van der Waals surface area contributed by atoms with Crippen LogP contribution < -0.4 is 10.6 Å². The normalized spacial score (nSPS) is 21.6. The Morgan fingerprint density at radius 2 is 1.53 bits per heavy atom. The molecule has 2 fully saturated rings. The lowest BCUT2D eigenvalue weighted by molar-refractivity contribution is 0.438. The van der Waals surface area contributed by atoms with Gasteiger partial charge in [0.25, 0.3) is 0 Å². The minimum atomic E-state index is 0.832. The summed E-state index contributed by atoms with van der Waals surface area (Å²) >= 11 is 0. The molecule has 1 aliphatic heterocycles. The average molecular weight is 235 g/mol. The van der Waals surface area contributed by atoms with Crippen molar-refractivity contribution in [3.8, 4) is 0 Å². The molecule has 96 valence electrons. The van der Waals surface area contributed by atoms with Gasteiger partial charge >= 0.3 is 0 Å². The molecule has 0 spiro atoms. The minimum absolute atomic E-state index is 0.832. The molecule has 1 aromatic heterocycles. The number of rotatable bonds is 1. The van der Waals surface area contributed by atoms with Crippen LogP contribution in [0.15, 0.2) is 18.3 Å². The third-order valence-electron chi connectivity index (χ3n) is 3.62. The van der Waals surface area contributed by atoms with Gasteiger partial charge in [0.05, 0.1) is 0 Å². The molecule has 3 heteroatoms. The molecule has 1 saturated carbocycles. The van der Waals surface area contributed by atoms with E-state index in [4.69, 9.17) is 0 Å². The maximum absolute atomic E-state index is 3.31. The summed E-state index contributed by atoms with van der Waals surface area (Å²) in [4.78, 5) is 3.31. The maximum Gasteiger partial charge on any atom is 0.0178 e. The molecule has 3 N–H and O–H groups in total. The van der Waals surface area contributed by atoms with Crippen molar-refractivity contribution in [2.24, 2.45) is 0 Å². The number of piperazine rings is 1. The fourth-order valence-electron chi connectivity index (χ4n) is 2.62. The third kappa shape index (κ3) is 4.52. The zero-order chi connectivity index (χ0) is 11.8. The highest BCUT2D eigenvalue weighted by molar-refractivity contribution is 5.10. The van der Waals surface area contributed by atoms with E-state index in [1.165, 1.54) is 37.8 Å². The van der Waals surface area contributed by atoms with Crippen LogP contribution in [-0.4, -0.2) is 31.2 Å². The third-order valence-corrected chi connectivity index (χ3v) is 3.62. The van der Waals surface area contributed by atoms with Crippen molar-refractivity contribution in [2.75, 3.05) is 26.2 Å². The molecule has 1 aliphatic carbocycles. The van der Waals surface area contributed by atoms with Crippen LogP contribution in [0.5, 0.6) is 0 Å². The van der Waals surface area contributed by atoms with Gasteiger partial charge in [-0.05, 0) is 30.9 Å². The van der Waals surface area contributed by atoms with Crippen molar-refractivity contribution < 1.29 is 0 Å². The summed E-state index contributed by atoms with van der Waals surface area (Å²) in [5.74, 6) is 0.832. The standard InChI is InChI=1S/C10H15N.C4H10N2/c1-2-5-9(6-3-1)10-7-4-8-11-10;1-2-6-4-3-5-1/h4,7-9,11H,1-3,5-6H2;5-6H,1-4H2. The molecule has 3 rings (SSSR count). The van der Waals surface area contributed by atoms with E-state index in [0.29, 0.717) is 0 Å². The first-order chi connectivity index (χ1) is 8.47. The SMILES string of the molecule is C1CNCCN1.c1c[nH]c(C2CCCCC2)c1. The van der Waals surface area contributed by atoms with E-state index in [-0.39, 0.29) is 0 Å². The van der Waals surface area contributed by atoms with Crippen LogP contribution in [0.25, 0.3) is 0 Å². The molecule has 2 aliphatic rings. The summed E-state index contributed by atoms with van der Waals surface area (Å²) < 4.78 is 0. The van der Waals surface area contributed by atoms with Crippen molar-refractivity contribution in [2.45, 2.75) is 38.0 Å². The molecule has 0 radical (unpaired) electrons. The molecule has 0 bridgehead atoms. The molecule has 3 nitrogen and oxygen atoms in total.